The Hall–Kier alpha value is -0.560. The van der Waals surface area contributed by atoms with Crippen LogP contribution in [-0.4, -0.2) is 10.7 Å². The van der Waals surface area contributed by atoms with Crippen LogP contribution in [0.5, 0.6) is 0 Å². The highest BCUT2D eigenvalue weighted by Gasteiger charge is 2.24. The van der Waals surface area contributed by atoms with Gasteiger partial charge in [0.25, 0.3) is 0 Å². The lowest BCUT2D eigenvalue weighted by molar-refractivity contribution is 0.0336. The van der Waals surface area contributed by atoms with Gasteiger partial charge in [-0.3, -0.25) is 0 Å². The van der Waals surface area contributed by atoms with Crippen molar-refractivity contribution in [2.24, 2.45) is 11.8 Å². The van der Waals surface area contributed by atoms with Crippen LogP contribution in [0, 0.1) is 11.8 Å². The fraction of sp³-hybridized carbons (Fsp3) is 0.733. The molecule has 1 heteroatoms. The highest BCUT2D eigenvalue weighted by molar-refractivity contribution is 5.05. The third-order valence-corrected chi connectivity index (χ3v) is 3.54. The van der Waals surface area contributed by atoms with Gasteiger partial charge in [0.1, 0.15) is 0 Å². The van der Waals surface area contributed by atoms with E-state index in [1.165, 1.54) is 18.4 Å². The summed E-state index contributed by atoms with van der Waals surface area (Å²) >= 11 is 0. The van der Waals surface area contributed by atoms with Crippen molar-refractivity contribution in [2.75, 3.05) is 0 Å². The summed E-state index contributed by atoms with van der Waals surface area (Å²) in [7, 11) is 0. The first-order chi connectivity index (χ1) is 7.39. The van der Waals surface area contributed by atoms with Crippen molar-refractivity contribution >= 4 is 0 Å². The molecule has 0 aliphatic heterocycles. The fourth-order valence-corrected chi connectivity index (χ4v) is 2.18. The Kier molecular flexibility index (Phi) is 4.79. The van der Waals surface area contributed by atoms with E-state index in [2.05, 4.69) is 32.1 Å². The molecule has 0 spiro atoms. The molecule has 0 aromatic carbocycles. The van der Waals surface area contributed by atoms with Crippen molar-refractivity contribution in [1.29, 1.82) is 0 Å². The van der Waals surface area contributed by atoms with E-state index >= 15 is 0 Å². The number of rotatable bonds is 1. The van der Waals surface area contributed by atoms with Crippen LogP contribution in [-0.2, 0) is 0 Å². The molecule has 1 aliphatic carbocycles. The Bertz CT molecular complexity index is 268. The number of aliphatic hydroxyl groups is 1. The summed E-state index contributed by atoms with van der Waals surface area (Å²) in [6, 6.07) is 0. The van der Waals surface area contributed by atoms with Crippen LogP contribution in [0.4, 0.5) is 0 Å². The van der Waals surface area contributed by atoms with E-state index < -0.39 is 5.60 Å². The minimum atomic E-state index is -0.601. The summed E-state index contributed by atoms with van der Waals surface area (Å²) in [5.41, 5.74) is 0.868. The minimum Gasteiger partial charge on any atom is -0.390 e. The van der Waals surface area contributed by atoms with Crippen molar-refractivity contribution < 1.29 is 5.11 Å². The molecule has 0 heterocycles. The molecule has 2 atom stereocenters. The van der Waals surface area contributed by atoms with Crippen LogP contribution in [0.1, 0.15) is 53.4 Å². The maximum absolute atomic E-state index is 10.1. The zero-order valence-corrected chi connectivity index (χ0v) is 11.2. The Balaban J connectivity index is 2.76. The van der Waals surface area contributed by atoms with Gasteiger partial charge in [0.05, 0.1) is 5.60 Å². The standard InChI is InChI=1S/C15H26O/c1-12-6-5-7-13(2)9-11-14(10-8-12)15(3,4)16/h6,9,11,13-14,16H,5,7-8,10H2,1-4H3/b11-9+,12-6+/t13-,14?/m0/s1. The van der Waals surface area contributed by atoms with Crippen molar-refractivity contribution in [3.05, 3.63) is 23.8 Å². The van der Waals surface area contributed by atoms with E-state index in [0.29, 0.717) is 5.92 Å². The SMILES string of the molecule is C/C1=C\CC[C@H](C)/C=C/C(C(C)(C)O)CC1. The summed E-state index contributed by atoms with van der Waals surface area (Å²) in [6.45, 7) is 8.29. The minimum absolute atomic E-state index is 0.274. The van der Waals surface area contributed by atoms with Crippen molar-refractivity contribution in [3.8, 4) is 0 Å². The Labute approximate surface area is 100 Å². The van der Waals surface area contributed by atoms with E-state index in [-0.39, 0.29) is 5.92 Å². The van der Waals surface area contributed by atoms with Gasteiger partial charge in [-0.15, -0.1) is 0 Å². The summed E-state index contributed by atoms with van der Waals surface area (Å²) in [6.07, 6.45) is 11.4. The first-order valence-corrected chi connectivity index (χ1v) is 6.46. The lowest BCUT2D eigenvalue weighted by atomic mass is 9.84. The normalized spacial score (nSPS) is 33.9. The van der Waals surface area contributed by atoms with Crippen molar-refractivity contribution in [1.82, 2.24) is 0 Å². The number of hydrogen-bond acceptors (Lipinski definition) is 1. The largest absolute Gasteiger partial charge is 0.390 e. The summed E-state index contributed by atoms with van der Waals surface area (Å²) in [5.74, 6) is 0.892. The monoisotopic (exact) mass is 222 g/mol. The maximum atomic E-state index is 10.1. The molecule has 1 rings (SSSR count). The zero-order chi connectivity index (χ0) is 12.2. The average Bonchev–Trinajstić information content (AvgIpc) is 2.15. The molecular formula is C15H26O. The molecular weight excluding hydrogens is 196 g/mol. The topological polar surface area (TPSA) is 20.2 Å². The van der Waals surface area contributed by atoms with E-state index in [0.717, 1.165) is 12.8 Å². The van der Waals surface area contributed by atoms with E-state index in [1.54, 1.807) is 0 Å². The van der Waals surface area contributed by atoms with Gasteiger partial charge in [0.2, 0.25) is 0 Å². The predicted octanol–water partition coefficient (Wildman–Crippen LogP) is 4.09. The van der Waals surface area contributed by atoms with Gasteiger partial charge in [-0.05, 0) is 52.4 Å². The molecule has 1 unspecified atom stereocenters. The Morgan fingerprint density at radius 2 is 1.94 bits per heavy atom. The van der Waals surface area contributed by atoms with Crippen LogP contribution in [0.15, 0.2) is 23.8 Å². The third-order valence-electron chi connectivity index (χ3n) is 3.54. The average molecular weight is 222 g/mol. The molecule has 16 heavy (non-hydrogen) atoms. The molecule has 0 bridgehead atoms. The van der Waals surface area contributed by atoms with E-state index in [9.17, 15) is 5.11 Å². The van der Waals surface area contributed by atoms with Gasteiger partial charge in [0.15, 0.2) is 0 Å². The summed E-state index contributed by atoms with van der Waals surface area (Å²) in [5, 5.41) is 10.1. The van der Waals surface area contributed by atoms with Gasteiger partial charge >= 0.3 is 0 Å². The van der Waals surface area contributed by atoms with E-state index in [1.807, 2.05) is 13.8 Å². The van der Waals surface area contributed by atoms with Crippen LogP contribution in [0.3, 0.4) is 0 Å². The first kappa shape index (κ1) is 13.5. The van der Waals surface area contributed by atoms with E-state index in [4.69, 9.17) is 0 Å². The van der Waals surface area contributed by atoms with Gasteiger partial charge in [-0.1, -0.05) is 30.7 Å². The second kappa shape index (κ2) is 5.67. The molecule has 1 nitrogen and oxygen atoms in total. The second-order valence-corrected chi connectivity index (χ2v) is 5.79. The van der Waals surface area contributed by atoms with Crippen LogP contribution in [0.2, 0.25) is 0 Å². The van der Waals surface area contributed by atoms with Crippen LogP contribution in [0.25, 0.3) is 0 Å². The molecule has 0 aromatic rings. The summed E-state index contributed by atoms with van der Waals surface area (Å²) in [4.78, 5) is 0. The quantitative estimate of drug-likeness (QED) is 0.663. The molecule has 0 aromatic heterocycles. The zero-order valence-electron chi connectivity index (χ0n) is 11.2. The molecule has 0 saturated carbocycles. The maximum Gasteiger partial charge on any atom is 0.0654 e. The third kappa shape index (κ3) is 4.52. The molecule has 0 saturated heterocycles. The number of allylic oxidation sites excluding steroid dienone is 3. The second-order valence-electron chi connectivity index (χ2n) is 5.79. The summed E-state index contributed by atoms with van der Waals surface area (Å²) < 4.78 is 0. The Morgan fingerprint density at radius 3 is 2.56 bits per heavy atom. The highest BCUT2D eigenvalue weighted by atomic mass is 16.3. The highest BCUT2D eigenvalue weighted by Crippen LogP contribution is 2.27. The van der Waals surface area contributed by atoms with Gasteiger partial charge in [-0.25, -0.2) is 0 Å². The lowest BCUT2D eigenvalue weighted by Crippen LogP contribution is -2.29. The fourth-order valence-electron chi connectivity index (χ4n) is 2.18. The molecule has 0 fully saturated rings. The van der Waals surface area contributed by atoms with Gasteiger partial charge in [-0.2, -0.15) is 0 Å². The lowest BCUT2D eigenvalue weighted by Gasteiger charge is -2.27. The van der Waals surface area contributed by atoms with Gasteiger partial charge < -0.3 is 5.11 Å². The molecule has 92 valence electrons. The molecule has 1 N–H and O–H groups in total. The van der Waals surface area contributed by atoms with Gasteiger partial charge in [0, 0.05) is 5.92 Å². The smallest absolute Gasteiger partial charge is 0.0654 e. The molecule has 0 amide bonds. The molecule has 0 radical (unpaired) electrons. The van der Waals surface area contributed by atoms with Crippen molar-refractivity contribution in [3.63, 3.8) is 0 Å². The molecule has 1 aliphatic rings. The van der Waals surface area contributed by atoms with Crippen LogP contribution < -0.4 is 0 Å². The number of hydrogen-bond donors (Lipinski definition) is 1. The Morgan fingerprint density at radius 1 is 1.25 bits per heavy atom. The van der Waals surface area contributed by atoms with Crippen LogP contribution >= 0.6 is 0 Å². The first-order valence-electron chi connectivity index (χ1n) is 6.46. The van der Waals surface area contributed by atoms with Crippen molar-refractivity contribution in [2.45, 2.75) is 59.0 Å². The predicted molar refractivity (Wildman–Crippen MR) is 70.3 cm³/mol.